The monoisotopic (exact) mass is 213 g/mol. The molecule has 3 rings (SSSR count). The molecule has 0 fully saturated rings. The normalized spacial score (nSPS) is 11.3. The zero-order chi connectivity index (χ0) is 10.4. The number of rotatable bonds is 0. The largest absolute Gasteiger partial charge is 0.255 e. The molecule has 3 aromatic rings. The smallest absolute Gasteiger partial charge is 0.0891 e. The molecule has 0 spiro atoms. The molecule has 0 aliphatic carbocycles. The number of aryl methyl sites for hydroxylation is 2. The minimum atomic E-state index is 1.15. The molecule has 74 valence electrons. The van der Waals surface area contributed by atoms with Crippen LogP contribution < -0.4 is 0 Å². The number of pyridine rings is 1. The molecule has 15 heavy (non-hydrogen) atoms. The summed E-state index contributed by atoms with van der Waals surface area (Å²) in [6, 6.07) is 8.50. The summed E-state index contributed by atoms with van der Waals surface area (Å²) in [4.78, 5) is 4.48. The molecule has 0 aliphatic heterocycles. The lowest BCUT2D eigenvalue weighted by atomic mass is 10.1. The van der Waals surface area contributed by atoms with E-state index in [1.807, 2.05) is 17.5 Å². The van der Waals surface area contributed by atoms with E-state index >= 15 is 0 Å². The van der Waals surface area contributed by atoms with Gasteiger partial charge >= 0.3 is 0 Å². The highest BCUT2D eigenvalue weighted by atomic mass is 32.1. The van der Waals surface area contributed by atoms with Crippen LogP contribution in [0.15, 0.2) is 30.5 Å². The summed E-state index contributed by atoms with van der Waals surface area (Å²) in [5.41, 5.74) is 3.81. The van der Waals surface area contributed by atoms with Gasteiger partial charge in [0.15, 0.2) is 0 Å². The van der Waals surface area contributed by atoms with Crippen LogP contribution in [0.25, 0.3) is 20.3 Å². The summed E-state index contributed by atoms with van der Waals surface area (Å²) in [6.45, 7) is 4.31. The number of aromatic nitrogens is 1. The zero-order valence-electron chi connectivity index (χ0n) is 8.74. The lowest BCUT2D eigenvalue weighted by Crippen LogP contribution is -1.76. The van der Waals surface area contributed by atoms with Gasteiger partial charge < -0.3 is 0 Å². The number of benzene rings is 1. The van der Waals surface area contributed by atoms with Crippen molar-refractivity contribution < 1.29 is 0 Å². The molecule has 0 atom stereocenters. The molecular formula is C13H11NS. The van der Waals surface area contributed by atoms with Crippen LogP contribution in [0.1, 0.15) is 11.1 Å². The van der Waals surface area contributed by atoms with Crippen molar-refractivity contribution in [1.29, 1.82) is 0 Å². The zero-order valence-corrected chi connectivity index (χ0v) is 9.56. The second kappa shape index (κ2) is 3.04. The van der Waals surface area contributed by atoms with Crippen molar-refractivity contribution in [2.24, 2.45) is 0 Å². The van der Waals surface area contributed by atoms with Crippen molar-refractivity contribution in [3.63, 3.8) is 0 Å². The van der Waals surface area contributed by atoms with Crippen LogP contribution in [0, 0.1) is 13.8 Å². The molecule has 1 nitrogen and oxygen atoms in total. The average molecular weight is 213 g/mol. The molecule has 0 aliphatic rings. The Morgan fingerprint density at radius 1 is 1.00 bits per heavy atom. The number of hydrogen-bond donors (Lipinski definition) is 0. The van der Waals surface area contributed by atoms with Crippen LogP contribution >= 0.6 is 11.3 Å². The van der Waals surface area contributed by atoms with Crippen molar-refractivity contribution in [2.45, 2.75) is 13.8 Å². The molecule has 2 heteroatoms. The molecule has 1 aromatic carbocycles. The Morgan fingerprint density at radius 2 is 1.80 bits per heavy atom. The first-order valence-corrected chi connectivity index (χ1v) is 5.82. The Balaban J connectivity index is 2.63. The van der Waals surface area contributed by atoms with E-state index < -0.39 is 0 Å². The predicted molar refractivity (Wildman–Crippen MR) is 66.6 cm³/mol. The molecule has 0 saturated heterocycles. The molecule has 0 N–H and O–H groups in total. The number of fused-ring (bicyclic) bond motifs is 3. The fourth-order valence-corrected chi connectivity index (χ4v) is 3.14. The minimum absolute atomic E-state index is 1.15. The van der Waals surface area contributed by atoms with Crippen LogP contribution in [-0.2, 0) is 0 Å². The maximum absolute atomic E-state index is 4.48. The lowest BCUT2D eigenvalue weighted by Gasteiger charge is -1.93. The summed E-state index contributed by atoms with van der Waals surface area (Å²) >= 11 is 1.85. The Morgan fingerprint density at radius 3 is 2.67 bits per heavy atom. The third kappa shape index (κ3) is 1.18. The van der Waals surface area contributed by atoms with Gasteiger partial charge in [0.25, 0.3) is 0 Å². The average Bonchev–Trinajstić information content (AvgIpc) is 2.60. The first-order valence-electron chi connectivity index (χ1n) is 5.01. The molecule has 0 unspecified atom stereocenters. The third-order valence-corrected chi connectivity index (χ3v) is 4.24. The van der Waals surface area contributed by atoms with E-state index in [4.69, 9.17) is 0 Å². The highest BCUT2D eigenvalue weighted by Crippen LogP contribution is 2.35. The van der Waals surface area contributed by atoms with Crippen LogP contribution in [0.3, 0.4) is 0 Å². The van der Waals surface area contributed by atoms with Crippen molar-refractivity contribution in [1.82, 2.24) is 4.98 Å². The fraction of sp³-hybridized carbons (Fsp3) is 0.154. The maximum atomic E-state index is 4.48. The maximum Gasteiger partial charge on any atom is 0.0891 e. The molecule has 0 radical (unpaired) electrons. The second-order valence-corrected chi connectivity index (χ2v) is 4.88. The molecule has 0 bridgehead atoms. The standard InChI is InChI=1S/C13H11NS/c1-8-4-3-5-10-11-13(15-12(8)10)9(2)6-7-14-11/h3-7H,1-2H3. The van der Waals surface area contributed by atoms with Gasteiger partial charge in [-0.25, -0.2) is 0 Å². The van der Waals surface area contributed by atoms with Gasteiger partial charge in [-0.05, 0) is 31.0 Å². The van der Waals surface area contributed by atoms with E-state index in [1.165, 1.54) is 25.9 Å². The molecule has 0 saturated carbocycles. The topological polar surface area (TPSA) is 12.9 Å². The van der Waals surface area contributed by atoms with Crippen LogP contribution in [0.5, 0.6) is 0 Å². The molecule has 0 amide bonds. The third-order valence-electron chi connectivity index (χ3n) is 2.77. The molecular weight excluding hydrogens is 202 g/mol. The lowest BCUT2D eigenvalue weighted by molar-refractivity contribution is 1.39. The van der Waals surface area contributed by atoms with E-state index in [-0.39, 0.29) is 0 Å². The van der Waals surface area contributed by atoms with Gasteiger partial charge in [-0.1, -0.05) is 18.2 Å². The Bertz CT molecular complexity index is 596. The second-order valence-electron chi connectivity index (χ2n) is 3.86. The summed E-state index contributed by atoms with van der Waals surface area (Å²) < 4.78 is 2.69. The van der Waals surface area contributed by atoms with Gasteiger partial charge in [-0.15, -0.1) is 11.3 Å². The van der Waals surface area contributed by atoms with Crippen LogP contribution in [-0.4, -0.2) is 4.98 Å². The van der Waals surface area contributed by atoms with Gasteiger partial charge in [0.1, 0.15) is 0 Å². The van der Waals surface area contributed by atoms with Crippen LogP contribution in [0.4, 0.5) is 0 Å². The van der Waals surface area contributed by atoms with Crippen molar-refractivity contribution in [2.75, 3.05) is 0 Å². The van der Waals surface area contributed by atoms with Gasteiger partial charge in [0.2, 0.25) is 0 Å². The number of hydrogen-bond acceptors (Lipinski definition) is 2. The van der Waals surface area contributed by atoms with E-state index in [1.54, 1.807) is 0 Å². The molecule has 2 heterocycles. The Kier molecular flexibility index (Phi) is 1.80. The molecule has 2 aromatic heterocycles. The van der Waals surface area contributed by atoms with Gasteiger partial charge in [-0.3, -0.25) is 4.98 Å². The summed E-state index contributed by atoms with van der Waals surface area (Å²) in [6.07, 6.45) is 1.90. The summed E-state index contributed by atoms with van der Waals surface area (Å²) in [5, 5.41) is 1.29. The van der Waals surface area contributed by atoms with E-state index in [0.717, 1.165) is 5.52 Å². The first kappa shape index (κ1) is 8.86. The van der Waals surface area contributed by atoms with Crippen molar-refractivity contribution in [3.8, 4) is 0 Å². The quantitative estimate of drug-likeness (QED) is 0.548. The van der Waals surface area contributed by atoms with Gasteiger partial charge in [0.05, 0.1) is 10.2 Å². The highest BCUT2D eigenvalue weighted by molar-refractivity contribution is 7.26. The SMILES string of the molecule is Cc1cccc2c1sc1c(C)ccnc12. The Hall–Kier alpha value is -1.41. The number of thiophene rings is 1. The van der Waals surface area contributed by atoms with E-state index in [2.05, 4.69) is 43.1 Å². The van der Waals surface area contributed by atoms with E-state index in [0.29, 0.717) is 0 Å². The van der Waals surface area contributed by atoms with E-state index in [9.17, 15) is 0 Å². The fourth-order valence-electron chi connectivity index (χ4n) is 1.94. The van der Waals surface area contributed by atoms with Crippen molar-refractivity contribution >= 4 is 31.6 Å². The van der Waals surface area contributed by atoms with Gasteiger partial charge in [0, 0.05) is 16.3 Å². The predicted octanol–water partition coefficient (Wildman–Crippen LogP) is 4.07. The highest BCUT2D eigenvalue weighted by Gasteiger charge is 2.08. The van der Waals surface area contributed by atoms with Crippen LogP contribution in [0.2, 0.25) is 0 Å². The minimum Gasteiger partial charge on any atom is -0.255 e. The summed E-state index contributed by atoms with van der Waals surface area (Å²) in [5.74, 6) is 0. The van der Waals surface area contributed by atoms with Gasteiger partial charge in [-0.2, -0.15) is 0 Å². The summed E-state index contributed by atoms with van der Waals surface area (Å²) in [7, 11) is 0. The number of nitrogens with zero attached hydrogens (tertiary/aromatic N) is 1. The first-order chi connectivity index (χ1) is 7.27. The Labute approximate surface area is 92.4 Å². The van der Waals surface area contributed by atoms with Crippen molar-refractivity contribution in [3.05, 3.63) is 41.6 Å².